The molecule has 2 aromatic rings. The van der Waals surface area contributed by atoms with Gasteiger partial charge in [0.05, 0.1) is 12.4 Å². The lowest BCUT2D eigenvalue weighted by molar-refractivity contribution is -0.609. The molecular weight excluding hydrogens is 219 g/mol. The van der Waals surface area contributed by atoms with Crippen LogP contribution in [-0.2, 0) is 6.18 Å². The van der Waals surface area contributed by atoms with Crippen molar-refractivity contribution in [3.8, 4) is 5.95 Å². The molecule has 6 heteroatoms. The molecule has 3 nitrogen and oxygen atoms in total. The first-order chi connectivity index (χ1) is 7.57. The lowest BCUT2D eigenvalue weighted by atomic mass is 10.3. The van der Waals surface area contributed by atoms with Crippen molar-refractivity contribution in [1.29, 1.82) is 0 Å². The highest BCUT2D eigenvalue weighted by atomic mass is 19.4. The van der Waals surface area contributed by atoms with Gasteiger partial charge in [-0.3, -0.25) is 0 Å². The van der Waals surface area contributed by atoms with Crippen molar-refractivity contribution in [1.82, 2.24) is 9.97 Å². The largest absolute Gasteiger partial charge is 0.402 e. The van der Waals surface area contributed by atoms with E-state index in [-0.39, 0.29) is 5.95 Å². The number of hydrogen-bond acceptors (Lipinski definition) is 2. The van der Waals surface area contributed by atoms with Gasteiger partial charge >= 0.3 is 12.1 Å². The first kappa shape index (κ1) is 10.5. The number of rotatable bonds is 1. The molecule has 0 aliphatic heterocycles. The van der Waals surface area contributed by atoms with E-state index in [1.54, 1.807) is 6.07 Å². The van der Waals surface area contributed by atoms with Crippen molar-refractivity contribution in [2.75, 3.05) is 0 Å². The second-order valence-corrected chi connectivity index (χ2v) is 2.95. The molecule has 0 aromatic carbocycles. The van der Waals surface area contributed by atoms with Crippen LogP contribution in [0.15, 0.2) is 36.8 Å². The molecule has 0 bridgehead atoms. The number of aromatic nitrogens is 3. The quantitative estimate of drug-likeness (QED) is 0.544. The monoisotopic (exact) mass is 225 g/mol. The molecule has 82 valence electrons. The van der Waals surface area contributed by atoms with Crippen LogP contribution < -0.4 is 4.57 Å². The van der Waals surface area contributed by atoms with Crippen LogP contribution in [0.3, 0.4) is 0 Å². The Labute approximate surface area is 89.2 Å². The highest BCUT2D eigenvalue weighted by Crippen LogP contribution is 2.27. The van der Waals surface area contributed by atoms with Gasteiger partial charge in [-0.25, -0.2) is 0 Å². The van der Waals surface area contributed by atoms with Gasteiger partial charge in [-0.15, -0.1) is 22.1 Å². The number of hydrogen-bond donors (Lipinski definition) is 0. The summed E-state index contributed by atoms with van der Waals surface area (Å²) in [5.74, 6) is 0.147. The predicted molar refractivity (Wildman–Crippen MR) is 47.4 cm³/mol. The molecule has 0 fully saturated rings. The van der Waals surface area contributed by atoms with Crippen molar-refractivity contribution >= 4 is 0 Å². The first-order valence-corrected chi connectivity index (χ1v) is 4.36. The van der Waals surface area contributed by atoms with Crippen LogP contribution in [0.25, 0.3) is 5.95 Å². The summed E-state index contributed by atoms with van der Waals surface area (Å²) in [7, 11) is 0. The predicted octanol–water partition coefficient (Wildman–Crippen LogP) is 1.57. The van der Waals surface area contributed by atoms with E-state index >= 15 is 0 Å². The number of alkyl halides is 3. The maximum atomic E-state index is 12.4. The Hall–Kier alpha value is -1.98. The SMILES string of the molecule is FC(F)(F)c1[c-][n+](-c2ncccn2)ccc1. The smallest absolute Gasteiger partial charge is 0.325 e. The third-order valence-corrected chi connectivity index (χ3v) is 1.81. The van der Waals surface area contributed by atoms with Crippen LogP contribution in [0.4, 0.5) is 13.2 Å². The Morgan fingerprint density at radius 3 is 2.44 bits per heavy atom. The average molecular weight is 225 g/mol. The molecule has 0 aliphatic carbocycles. The molecule has 0 spiro atoms. The van der Waals surface area contributed by atoms with Gasteiger partial charge < -0.3 is 4.57 Å². The second-order valence-electron chi connectivity index (χ2n) is 2.95. The zero-order valence-electron chi connectivity index (χ0n) is 7.94. The maximum absolute atomic E-state index is 12.4. The van der Waals surface area contributed by atoms with E-state index in [0.29, 0.717) is 0 Å². The average Bonchev–Trinajstić information content (AvgIpc) is 2.29. The van der Waals surface area contributed by atoms with E-state index in [2.05, 4.69) is 16.2 Å². The highest BCUT2D eigenvalue weighted by Gasteiger charge is 2.28. The normalized spacial score (nSPS) is 11.4. The van der Waals surface area contributed by atoms with Crippen LogP contribution in [0.2, 0.25) is 0 Å². The fourth-order valence-corrected chi connectivity index (χ4v) is 1.12. The van der Waals surface area contributed by atoms with Gasteiger partial charge in [0.1, 0.15) is 0 Å². The van der Waals surface area contributed by atoms with Gasteiger partial charge in [0.15, 0.2) is 0 Å². The van der Waals surface area contributed by atoms with Crippen molar-refractivity contribution in [2.24, 2.45) is 0 Å². The van der Waals surface area contributed by atoms with Gasteiger partial charge in [-0.1, -0.05) is 0 Å². The van der Waals surface area contributed by atoms with Crippen LogP contribution in [0, 0.1) is 6.20 Å². The Bertz CT molecular complexity index is 482. The number of nitrogens with zero attached hydrogens (tertiary/aromatic N) is 3. The zero-order valence-corrected chi connectivity index (χ0v) is 7.94. The fourth-order valence-electron chi connectivity index (χ4n) is 1.12. The van der Waals surface area contributed by atoms with Crippen molar-refractivity contribution in [2.45, 2.75) is 6.18 Å². The molecule has 2 rings (SSSR count). The summed E-state index contributed by atoms with van der Waals surface area (Å²) >= 11 is 0. The molecule has 0 saturated carbocycles. The van der Waals surface area contributed by atoms with Crippen molar-refractivity contribution in [3.63, 3.8) is 0 Å². The second kappa shape index (κ2) is 3.88. The lowest BCUT2D eigenvalue weighted by Crippen LogP contribution is -2.34. The molecule has 2 aromatic heterocycles. The third-order valence-electron chi connectivity index (χ3n) is 1.81. The maximum Gasteiger partial charge on any atom is 0.402 e. The first-order valence-electron chi connectivity index (χ1n) is 4.36. The lowest BCUT2D eigenvalue weighted by Gasteiger charge is -2.11. The number of pyridine rings is 1. The van der Waals surface area contributed by atoms with Crippen LogP contribution in [0.5, 0.6) is 0 Å². The van der Waals surface area contributed by atoms with Gasteiger partial charge in [0, 0.05) is 17.8 Å². The molecule has 0 unspecified atom stereocenters. The minimum atomic E-state index is -4.42. The van der Waals surface area contributed by atoms with Crippen molar-refractivity contribution in [3.05, 3.63) is 48.5 Å². The summed E-state index contributed by atoms with van der Waals surface area (Å²) in [6.07, 6.45) is 2.05. The molecule has 0 aliphatic rings. The zero-order chi connectivity index (χ0) is 11.6. The Morgan fingerprint density at radius 2 is 1.81 bits per heavy atom. The Balaban J connectivity index is 2.45. The summed E-state index contributed by atoms with van der Waals surface area (Å²) < 4.78 is 38.3. The van der Waals surface area contributed by atoms with E-state index < -0.39 is 11.7 Å². The fraction of sp³-hybridized carbons (Fsp3) is 0.100. The van der Waals surface area contributed by atoms with E-state index in [4.69, 9.17) is 0 Å². The molecule has 16 heavy (non-hydrogen) atoms. The summed E-state index contributed by atoms with van der Waals surface area (Å²) in [5.41, 5.74) is -0.859. The summed E-state index contributed by atoms with van der Waals surface area (Å²) in [5, 5.41) is 0. The summed E-state index contributed by atoms with van der Waals surface area (Å²) in [4.78, 5) is 7.65. The van der Waals surface area contributed by atoms with E-state index in [0.717, 1.165) is 10.6 Å². The molecular formula is C10H6F3N3. The molecule has 2 heterocycles. The Kier molecular flexibility index (Phi) is 2.55. The molecule has 0 radical (unpaired) electrons. The number of halogens is 3. The van der Waals surface area contributed by atoms with Crippen molar-refractivity contribution < 1.29 is 17.7 Å². The van der Waals surface area contributed by atoms with Crippen LogP contribution in [0.1, 0.15) is 5.56 Å². The van der Waals surface area contributed by atoms with E-state index in [9.17, 15) is 13.2 Å². The van der Waals surface area contributed by atoms with Gasteiger partial charge in [0.25, 0.3) is 0 Å². The molecule has 0 amide bonds. The molecule has 0 saturated heterocycles. The van der Waals surface area contributed by atoms with E-state index in [1.165, 1.54) is 24.7 Å². The molecule has 0 N–H and O–H groups in total. The Morgan fingerprint density at radius 1 is 1.12 bits per heavy atom. The molecule has 0 atom stereocenters. The third kappa shape index (κ3) is 2.16. The van der Waals surface area contributed by atoms with Gasteiger partial charge in [-0.2, -0.15) is 13.2 Å². The van der Waals surface area contributed by atoms with Crippen LogP contribution in [-0.4, -0.2) is 9.97 Å². The van der Waals surface area contributed by atoms with Gasteiger partial charge in [0.2, 0.25) is 0 Å². The minimum absolute atomic E-state index is 0.147. The van der Waals surface area contributed by atoms with E-state index in [1.807, 2.05) is 0 Å². The minimum Gasteiger partial charge on any atom is -0.325 e. The standard InChI is InChI=1S/C10H6F3N3/c11-10(12,13)8-3-1-6-16(7-8)9-14-4-2-5-15-9/h1-6H. The highest BCUT2D eigenvalue weighted by molar-refractivity contribution is 5.09. The summed E-state index contributed by atoms with van der Waals surface area (Å²) in [6.45, 7) is 0. The summed E-state index contributed by atoms with van der Waals surface area (Å²) in [6, 6.07) is 3.80. The van der Waals surface area contributed by atoms with Crippen LogP contribution >= 0.6 is 0 Å². The topological polar surface area (TPSA) is 29.7 Å². The van der Waals surface area contributed by atoms with Gasteiger partial charge in [-0.05, 0) is 6.20 Å².